The van der Waals surface area contributed by atoms with E-state index < -0.39 is 0 Å². The molecule has 0 spiro atoms. The third-order valence-electron chi connectivity index (χ3n) is 3.15. The summed E-state index contributed by atoms with van der Waals surface area (Å²) < 4.78 is 5.22. The van der Waals surface area contributed by atoms with Gasteiger partial charge in [-0.2, -0.15) is 0 Å². The summed E-state index contributed by atoms with van der Waals surface area (Å²) in [6.45, 7) is 11.1. The van der Waals surface area contributed by atoms with E-state index in [9.17, 15) is 0 Å². The molecule has 2 heterocycles. The Morgan fingerprint density at radius 1 is 1.25 bits per heavy atom. The van der Waals surface area contributed by atoms with Crippen LogP contribution in [0, 0.1) is 13.8 Å². The van der Waals surface area contributed by atoms with Gasteiger partial charge in [-0.25, -0.2) is 9.97 Å². The van der Waals surface area contributed by atoms with Crippen molar-refractivity contribution in [2.24, 2.45) is 0 Å². The van der Waals surface area contributed by atoms with Gasteiger partial charge in [0.1, 0.15) is 11.6 Å². The van der Waals surface area contributed by atoms with E-state index in [1.54, 1.807) is 0 Å². The van der Waals surface area contributed by atoms with Crippen LogP contribution >= 0.6 is 0 Å². The van der Waals surface area contributed by atoms with E-state index in [1.165, 1.54) is 0 Å². The first-order valence-electron chi connectivity index (χ1n) is 7.09. The number of nitrogens with one attached hydrogen (secondary N) is 1. The Kier molecular flexibility index (Phi) is 4.37. The summed E-state index contributed by atoms with van der Waals surface area (Å²) in [4.78, 5) is 9.25. The zero-order valence-electron chi connectivity index (χ0n) is 12.8. The van der Waals surface area contributed by atoms with Gasteiger partial charge >= 0.3 is 0 Å². The number of nitrogens with zero attached hydrogens (tertiary/aromatic N) is 3. The van der Waals surface area contributed by atoms with Crippen molar-refractivity contribution in [3.8, 4) is 11.4 Å². The van der Waals surface area contributed by atoms with Crippen LogP contribution in [0.4, 0.5) is 5.82 Å². The van der Waals surface area contributed by atoms with Crippen molar-refractivity contribution in [2.45, 2.75) is 47.0 Å². The average molecular weight is 274 g/mol. The lowest BCUT2D eigenvalue weighted by molar-refractivity contribution is 0.393. The van der Waals surface area contributed by atoms with Crippen LogP contribution in [0.3, 0.4) is 0 Å². The Balaban J connectivity index is 2.49. The summed E-state index contributed by atoms with van der Waals surface area (Å²) in [6, 6.07) is 2.02. The van der Waals surface area contributed by atoms with Gasteiger partial charge < -0.3 is 9.84 Å². The van der Waals surface area contributed by atoms with Crippen molar-refractivity contribution in [3.05, 3.63) is 23.2 Å². The lowest BCUT2D eigenvalue weighted by atomic mass is 10.1. The Morgan fingerprint density at radius 2 is 2.00 bits per heavy atom. The molecule has 0 radical (unpaired) electrons. The highest BCUT2D eigenvalue weighted by molar-refractivity contribution is 5.62. The number of anilines is 1. The molecule has 5 heteroatoms. The molecule has 0 aromatic carbocycles. The fourth-order valence-electron chi connectivity index (χ4n) is 2.02. The molecule has 0 aliphatic heterocycles. The largest absolute Gasteiger partial charge is 0.370 e. The second kappa shape index (κ2) is 6.03. The molecule has 0 aliphatic carbocycles. The second-order valence-electron chi connectivity index (χ2n) is 5.28. The van der Waals surface area contributed by atoms with Crippen molar-refractivity contribution < 1.29 is 4.52 Å². The van der Waals surface area contributed by atoms with Gasteiger partial charge in [-0.15, -0.1) is 0 Å². The van der Waals surface area contributed by atoms with Gasteiger partial charge in [-0.1, -0.05) is 25.9 Å². The molecule has 0 unspecified atom stereocenters. The normalized spacial score (nSPS) is 11.1. The smallest absolute Gasteiger partial charge is 0.167 e. The Hall–Kier alpha value is -1.91. The zero-order chi connectivity index (χ0) is 14.7. The van der Waals surface area contributed by atoms with Gasteiger partial charge in [-0.3, -0.25) is 0 Å². The van der Waals surface area contributed by atoms with E-state index in [2.05, 4.69) is 41.2 Å². The maximum Gasteiger partial charge on any atom is 0.167 e. The van der Waals surface area contributed by atoms with Crippen LogP contribution in [-0.2, 0) is 0 Å². The Labute approximate surface area is 119 Å². The second-order valence-corrected chi connectivity index (χ2v) is 5.28. The minimum atomic E-state index is 0.347. The first kappa shape index (κ1) is 14.5. The van der Waals surface area contributed by atoms with E-state index in [4.69, 9.17) is 4.52 Å². The molecular weight excluding hydrogens is 252 g/mol. The molecule has 0 saturated heterocycles. The van der Waals surface area contributed by atoms with Gasteiger partial charge in [0.05, 0.1) is 11.3 Å². The molecule has 108 valence electrons. The molecule has 20 heavy (non-hydrogen) atoms. The summed E-state index contributed by atoms with van der Waals surface area (Å²) in [5.41, 5.74) is 2.74. The summed E-state index contributed by atoms with van der Waals surface area (Å²) >= 11 is 0. The van der Waals surface area contributed by atoms with E-state index in [1.807, 2.05) is 19.9 Å². The predicted molar refractivity (Wildman–Crippen MR) is 79.9 cm³/mol. The predicted octanol–water partition coefficient (Wildman–Crippen LogP) is 3.69. The quantitative estimate of drug-likeness (QED) is 0.900. The Bertz CT molecular complexity index is 570. The van der Waals surface area contributed by atoms with Gasteiger partial charge in [0, 0.05) is 18.3 Å². The highest BCUT2D eigenvalue weighted by Gasteiger charge is 2.17. The van der Waals surface area contributed by atoms with Crippen LogP contribution in [0.25, 0.3) is 11.4 Å². The van der Waals surface area contributed by atoms with E-state index in [0.717, 1.165) is 41.5 Å². The van der Waals surface area contributed by atoms with Crippen LogP contribution in [0.15, 0.2) is 10.6 Å². The molecule has 2 aromatic rings. The first-order valence-corrected chi connectivity index (χ1v) is 7.09. The highest BCUT2D eigenvalue weighted by atomic mass is 16.5. The van der Waals surface area contributed by atoms with Crippen molar-refractivity contribution in [2.75, 3.05) is 11.9 Å². The lowest BCUT2D eigenvalue weighted by Crippen LogP contribution is -2.06. The summed E-state index contributed by atoms with van der Waals surface area (Å²) in [7, 11) is 0. The van der Waals surface area contributed by atoms with Gasteiger partial charge in [0.2, 0.25) is 0 Å². The maximum absolute atomic E-state index is 5.22. The maximum atomic E-state index is 5.22. The molecule has 0 saturated carbocycles. The number of hydrogen-bond donors (Lipinski definition) is 1. The van der Waals surface area contributed by atoms with Crippen LogP contribution in [0.1, 0.15) is 50.3 Å². The number of aromatic nitrogens is 3. The molecular formula is C15H22N4O. The van der Waals surface area contributed by atoms with E-state index in [0.29, 0.717) is 11.7 Å². The first-order chi connectivity index (χ1) is 9.52. The Morgan fingerprint density at radius 3 is 2.55 bits per heavy atom. The van der Waals surface area contributed by atoms with Gasteiger partial charge in [0.15, 0.2) is 5.82 Å². The van der Waals surface area contributed by atoms with Crippen molar-refractivity contribution in [1.29, 1.82) is 0 Å². The van der Waals surface area contributed by atoms with E-state index in [-0.39, 0.29) is 0 Å². The fourth-order valence-corrected chi connectivity index (χ4v) is 2.02. The van der Waals surface area contributed by atoms with E-state index >= 15 is 0 Å². The summed E-state index contributed by atoms with van der Waals surface area (Å²) in [6.07, 6.45) is 1.06. The number of aryl methyl sites for hydroxylation is 2. The van der Waals surface area contributed by atoms with Crippen LogP contribution in [0.5, 0.6) is 0 Å². The fraction of sp³-hybridized carbons (Fsp3) is 0.533. The standard InChI is InChI=1S/C15H22N4O/c1-6-7-16-13-8-12(9(2)3)17-15(18-13)14-10(4)19-20-11(14)5/h8-9H,6-7H2,1-5H3,(H,16,17,18). The van der Waals surface area contributed by atoms with Gasteiger partial charge in [-0.05, 0) is 26.2 Å². The molecule has 1 N–H and O–H groups in total. The van der Waals surface area contributed by atoms with Crippen molar-refractivity contribution in [1.82, 2.24) is 15.1 Å². The minimum absolute atomic E-state index is 0.347. The minimum Gasteiger partial charge on any atom is -0.370 e. The molecule has 0 bridgehead atoms. The summed E-state index contributed by atoms with van der Waals surface area (Å²) in [5, 5.41) is 7.31. The van der Waals surface area contributed by atoms with Crippen LogP contribution in [0.2, 0.25) is 0 Å². The molecule has 5 nitrogen and oxygen atoms in total. The van der Waals surface area contributed by atoms with Crippen molar-refractivity contribution >= 4 is 5.82 Å². The van der Waals surface area contributed by atoms with Gasteiger partial charge in [0.25, 0.3) is 0 Å². The third-order valence-corrected chi connectivity index (χ3v) is 3.15. The molecule has 2 aromatic heterocycles. The monoisotopic (exact) mass is 274 g/mol. The topological polar surface area (TPSA) is 63.8 Å². The third kappa shape index (κ3) is 2.98. The van der Waals surface area contributed by atoms with Crippen LogP contribution in [-0.4, -0.2) is 21.7 Å². The molecule has 0 fully saturated rings. The highest BCUT2D eigenvalue weighted by Crippen LogP contribution is 2.26. The SMILES string of the molecule is CCCNc1cc(C(C)C)nc(-c2c(C)noc2C)n1. The number of hydrogen-bond acceptors (Lipinski definition) is 5. The number of rotatable bonds is 5. The molecule has 0 atom stereocenters. The molecule has 0 amide bonds. The van der Waals surface area contributed by atoms with Crippen LogP contribution < -0.4 is 5.32 Å². The zero-order valence-corrected chi connectivity index (χ0v) is 12.8. The molecule has 2 rings (SSSR count). The van der Waals surface area contributed by atoms with Crippen molar-refractivity contribution in [3.63, 3.8) is 0 Å². The molecule has 0 aliphatic rings. The summed E-state index contributed by atoms with van der Waals surface area (Å²) in [5.74, 6) is 2.65. The lowest BCUT2D eigenvalue weighted by Gasteiger charge is -2.11. The average Bonchev–Trinajstić information content (AvgIpc) is 2.75.